The molecule has 0 aliphatic rings. The van der Waals surface area contributed by atoms with Crippen LogP contribution in [0.3, 0.4) is 0 Å². The van der Waals surface area contributed by atoms with Crippen LogP contribution in [-0.4, -0.2) is 37.1 Å². The molecular formula is C12H14F2N6O. The lowest BCUT2D eigenvalue weighted by Gasteiger charge is -2.22. The third-order valence-corrected chi connectivity index (χ3v) is 2.79. The Labute approximate surface area is 119 Å². The van der Waals surface area contributed by atoms with E-state index in [4.69, 9.17) is 0 Å². The first-order valence-corrected chi connectivity index (χ1v) is 6.17. The number of hydrogen-bond acceptors (Lipinski definition) is 5. The predicted molar refractivity (Wildman–Crippen MR) is 70.0 cm³/mol. The maximum Gasteiger partial charge on any atom is 0.253 e. The Morgan fingerprint density at radius 2 is 2.00 bits per heavy atom. The Morgan fingerprint density at radius 1 is 1.33 bits per heavy atom. The van der Waals surface area contributed by atoms with Gasteiger partial charge in [-0.25, -0.2) is 18.7 Å². The van der Waals surface area contributed by atoms with Gasteiger partial charge in [0.2, 0.25) is 18.3 Å². The van der Waals surface area contributed by atoms with Crippen molar-refractivity contribution in [1.29, 1.82) is 0 Å². The second kappa shape index (κ2) is 5.90. The summed E-state index contributed by atoms with van der Waals surface area (Å²) in [6.07, 6.45) is 1.12. The molecule has 0 spiro atoms. The molecule has 21 heavy (non-hydrogen) atoms. The summed E-state index contributed by atoms with van der Waals surface area (Å²) in [6.45, 7) is 2.88. The molecule has 0 bridgehead atoms. The second-order valence-electron chi connectivity index (χ2n) is 4.98. The fourth-order valence-electron chi connectivity index (χ4n) is 1.62. The van der Waals surface area contributed by atoms with E-state index in [0.29, 0.717) is 0 Å². The standard InChI is InChI=1S/C12H14F2N6O/c1-12(2,6-8(13)14)9(21)19-11-17-7-18-20(11)10-15-4-3-5-16-10/h3-5,7-8H,6H2,1-2H3,(H,17,18,19,21). The Bertz CT molecular complexity index is 613. The minimum Gasteiger partial charge on any atom is -0.294 e. The van der Waals surface area contributed by atoms with Gasteiger partial charge in [0, 0.05) is 24.2 Å². The number of alkyl halides is 2. The van der Waals surface area contributed by atoms with Gasteiger partial charge < -0.3 is 0 Å². The lowest BCUT2D eigenvalue weighted by atomic mass is 9.88. The van der Waals surface area contributed by atoms with Gasteiger partial charge in [-0.05, 0) is 6.07 Å². The van der Waals surface area contributed by atoms with Crippen molar-refractivity contribution in [1.82, 2.24) is 24.7 Å². The van der Waals surface area contributed by atoms with E-state index in [0.717, 1.165) is 0 Å². The largest absolute Gasteiger partial charge is 0.294 e. The molecule has 0 saturated carbocycles. The van der Waals surface area contributed by atoms with Crippen LogP contribution in [0.25, 0.3) is 5.95 Å². The Balaban J connectivity index is 2.18. The molecule has 0 aromatic carbocycles. The van der Waals surface area contributed by atoms with E-state index in [9.17, 15) is 13.6 Å². The molecule has 9 heteroatoms. The van der Waals surface area contributed by atoms with E-state index in [1.54, 1.807) is 6.07 Å². The summed E-state index contributed by atoms with van der Waals surface area (Å²) >= 11 is 0. The summed E-state index contributed by atoms with van der Waals surface area (Å²) in [6, 6.07) is 1.63. The highest BCUT2D eigenvalue weighted by molar-refractivity contribution is 5.93. The molecule has 0 unspecified atom stereocenters. The van der Waals surface area contributed by atoms with Gasteiger partial charge in [0.25, 0.3) is 5.95 Å². The van der Waals surface area contributed by atoms with Crippen molar-refractivity contribution in [2.75, 3.05) is 5.32 Å². The predicted octanol–water partition coefficient (Wildman–Crippen LogP) is 1.68. The smallest absolute Gasteiger partial charge is 0.253 e. The zero-order chi connectivity index (χ0) is 15.5. The zero-order valence-corrected chi connectivity index (χ0v) is 11.5. The average molecular weight is 296 g/mol. The molecule has 0 fully saturated rings. The number of nitrogens with zero attached hydrogens (tertiary/aromatic N) is 5. The summed E-state index contributed by atoms with van der Waals surface area (Å²) in [4.78, 5) is 23.9. The van der Waals surface area contributed by atoms with E-state index >= 15 is 0 Å². The summed E-state index contributed by atoms with van der Waals surface area (Å²) in [7, 11) is 0. The van der Waals surface area contributed by atoms with Gasteiger partial charge in [-0.1, -0.05) is 13.8 Å². The van der Waals surface area contributed by atoms with Crippen LogP contribution >= 0.6 is 0 Å². The van der Waals surface area contributed by atoms with Crippen LogP contribution in [0.4, 0.5) is 14.7 Å². The zero-order valence-electron chi connectivity index (χ0n) is 11.5. The van der Waals surface area contributed by atoms with Crippen LogP contribution < -0.4 is 5.32 Å². The molecule has 112 valence electrons. The lowest BCUT2D eigenvalue weighted by Crippen LogP contribution is -2.33. The molecule has 2 rings (SSSR count). The molecule has 2 aromatic heterocycles. The molecule has 1 amide bonds. The first-order chi connectivity index (χ1) is 9.90. The highest BCUT2D eigenvalue weighted by atomic mass is 19.3. The molecule has 1 N–H and O–H groups in total. The average Bonchev–Trinajstić information content (AvgIpc) is 2.86. The minimum absolute atomic E-state index is 0.0774. The van der Waals surface area contributed by atoms with Crippen molar-refractivity contribution in [3.63, 3.8) is 0 Å². The van der Waals surface area contributed by atoms with Gasteiger partial charge in [-0.2, -0.15) is 14.8 Å². The summed E-state index contributed by atoms with van der Waals surface area (Å²) in [5, 5.41) is 6.37. The quantitative estimate of drug-likeness (QED) is 0.907. The maximum atomic E-state index is 12.5. The topological polar surface area (TPSA) is 85.6 Å². The number of anilines is 1. The molecular weight excluding hydrogens is 282 g/mol. The number of nitrogens with one attached hydrogen (secondary N) is 1. The number of hydrogen-bond donors (Lipinski definition) is 1. The molecule has 2 heterocycles. The first-order valence-electron chi connectivity index (χ1n) is 6.17. The molecule has 0 aliphatic carbocycles. The molecule has 7 nitrogen and oxygen atoms in total. The summed E-state index contributed by atoms with van der Waals surface area (Å²) in [5.74, 6) is -0.279. The van der Waals surface area contributed by atoms with Crippen molar-refractivity contribution in [2.24, 2.45) is 5.41 Å². The van der Waals surface area contributed by atoms with Gasteiger partial charge in [-0.15, -0.1) is 0 Å². The third kappa shape index (κ3) is 3.56. The molecule has 2 aromatic rings. The second-order valence-corrected chi connectivity index (χ2v) is 4.98. The number of halogens is 2. The van der Waals surface area contributed by atoms with Crippen molar-refractivity contribution in [3.8, 4) is 5.95 Å². The van der Waals surface area contributed by atoms with Crippen molar-refractivity contribution in [2.45, 2.75) is 26.7 Å². The Kier molecular flexibility index (Phi) is 4.20. The fraction of sp³-hybridized carbons (Fsp3) is 0.417. The number of carbonyl (C=O) groups is 1. The van der Waals surface area contributed by atoms with E-state index < -0.39 is 24.2 Å². The first kappa shape index (κ1) is 14.9. The number of rotatable bonds is 5. The van der Waals surface area contributed by atoms with Crippen LogP contribution in [0.15, 0.2) is 24.8 Å². The number of carbonyl (C=O) groups excluding carboxylic acids is 1. The van der Waals surface area contributed by atoms with Crippen LogP contribution in [0.1, 0.15) is 20.3 Å². The Hall–Kier alpha value is -2.45. The highest BCUT2D eigenvalue weighted by Gasteiger charge is 2.32. The van der Waals surface area contributed by atoms with Crippen LogP contribution in [0, 0.1) is 5.41 Å². The van der Waals surface area contributed by atoms with Gasteiger partial charge in [0.05, 0.1) is 0 Å². The molecule has 0 radical (unpaired) electrons. The van der Waals surface area contributed by atoms with Crippen molar-refractivity contribution < 1.29 is 13.6 Å². The van der Waals surface area contributed by atoms with Crippen molar-refractivity contribution in [3.05, 3.63) is 24.8 Å². The van der Waals surface area contributed by atoms with Gasteiger partial charge in [0.15, 0.2) is 0 Å². The number of aromatic nitrogens is 5. The summed E-state index contributed by atoms with van der Waals surface area (Å²) in [5.41, 5.74) is -1.23. The molecule has 0 aliphatic heterocycles. The van der Waals surface area contributed by atoms with E-state index in [2.05, 4.69) is 25.4 Å². The van der Waals surface area contributed by atoms with Crippen LogP contribution in [0.5, 0.6) is 0 Å². The van der Waals surface area contributed by atoms with Gasteiger partial charge >= 0.3 is 0 Å². The maximum absolute atomic E-state index is 12.5. The molecule has 0 saturated heterocycles. The minimum atomic E-state index is -2.57. The number of amides is 1. The Morgan fingerprint density at radius 3 is 2.62 bits per heavy atom. The van der Waals surface area contributed by atoms with Gasteiger partial charge in [0.1, 0.15) is 6.33 Å². The normalized spacial score (nSPS) is 11.7. The van der Waals surface area contributed by atoms with E-state index in [1.165, 1.54) is 37.3 Å². The highest BCUT2D eigenvalue weighted by Crippen LogP contribution is 2.26. The van der Waals surface area contributed by atoms with E-state index in [1.807, 2.05) is 0 Å². The molecule has 0 atom stereocenters. The monoisotopic (exact) mass is 296 g/mol. The summed E-state index contributed by atoms with van der Waals surface area (Å²) < 4.78 is 26.2. The van der Waals surface area contributed by atoms with E-state index in [-0.39, 0.29) is 11.9 Å². The van der Waals surface area contributed by atoms with Crippen LogP contribution in [-0.2, 0) is 4.79 Å². The van der Waals surface area contributed by atoms with Crippen molar-refractivity contribution >= 4 is 11.9 Å². The third-order valence-electron chi connectivity index (χ3n) is 2.79. The fourth-order valence-corrected chi connectivity index (χ4v) is 1.62. The van der Waals surface area contributed by atoms with Crippen LogP contribution in [0.2, 0.25) is 0 Å². The lowest BCUT2D eigenvalue weighted by molar-refractivity contribution is -0.126. The SMILES string of the molecule is CC(C)(CC(F)F)C(=O)Nc1ncnn1-c1ncccn1. The van der Waals surface area contributed by atoms with Gasteiger partial charge in [-0.3, -0.25) is 10.1 Å².